The van der Waals surface area contributed by atoms with Crippen molar-refractivity contribution in [3.63, 3.8) is 0 Å². The van der Waals surface area contributed by atoms with Crippen molar-refractivity contribution in [1.29, 1.82) is 0 Å². The summed E-state index contributed by atoms with van der Waals surface area (Å²) >= 11 is 0. The molecule has 4 rings (SSSR count). The van der Waals surface area contributed by atoms with Crippen LogP contribution >= 0.6 is 0 Å². The number of fused-ring (bicyclic) bond motifs is 1. The Bertz CT molecular complexity index is 1130. The van der Waals surface area contributed by atoms with Crippen LogP contribution in [-0.4, -0.2) is 41.1 Å². The van der Waals surface area contributed by atoms with E-state index in [0.717, 1.165) is 46.5 Å². The minimum atomic E-state index is 0.240. The van der Waals surface area contributed by atoms with Crippen molar-refractivity contribution in [2.24, 2.45) is 7.05 Å². The van der Waals surface area contributed by atoms with Gasteiger partial charge in [0, 0.05) is 25.7 Å². The average Bonchev–Trinajstić information content (AvgIpc) is 3.33. The molecule has 29 heavy (non-hydrogen) atoms. The van der Waals surface area contributed by atoms with Crippen LogP contribution in [0.4, 0.5) is 0 Å². The second kappa shape index (κ2) is 7.98. The molecule has 0 fully saturated rings. The summed E-state index contributed by atoms with van der Waals surface area (Å²) in [6, 6.07) is 6.25. The number of pyridine rings is 2. The summed E-state index contributed by atoms with van der Waals surface area (Å²) < 4.78 is 9.48. The van der Waals surface area contributed by atoms with Gasteiger partial charge in [-0.15, -0.1) is 0 Å². The molecule has 0 atom stereocenters. The van der Waals surface area contributed by atoms with Crippen molar-refractivity contribution < 1.29 is 4.74 Å². The Balaban J connectivity index is 1.81. The molecule has 0 aliphatic rings. The fraction of sp³-hybridized carbons (Fsp3) is 0.381. The number of aromatic nitrogens is 7. The van der Waals surface area contributed by atoms with Crippen molar-refractivity contribution >= 4 is 11.0 Å². The summed E-state index contributed by atoms with van der Waals surface area (Å²) in [5.41, 5.74) is 4.80. The minimum Gasteiger partial charge on any atom is -0.477 e. The third-order valence-electron chi connectivity index (χ3n) is 4.71. The van der Waals surface area contributed by atoms with Crippen LogP contribution in [0, 0.1) is 0 Å². The zero-order valence-corrected chi connectivity index (χ0v) is 17.2. The van der Waals surface area contributed by atoms with Crippen molar-refractivity contribution in [2.45, 2.75) is 39.7 Å². The molecule has 0 saturated carbocycles. The summed E-state index contributed by atoms with van der Waals surface area (Å²) in [6.07, 6.45) is 6.83. The Kier molecular flexibility index (Phi) is 5.24. The van der Waals surface area contributed by atoms with E-state index in [-0.39, 0.29) is 6.04 Å². The second-order valence-corrected chi connectivity index (χ2v) is 7.21. The van der Waals surface area contributed by atoms with Gasteiger partial charge in [-0.2, -0.15) is 10.2 Å². The lowest BCUT2D eigenvalue weighted by molar-refractivity contribution is 0.328. The van der Waals surface area contributed by atoms with Gasteiger partial charge in [0.15, 0.2) is 5.82 Å². The van der Waals surface area contributed by atoms with Crippen LogP contribution in [0.25, 0.3) is 22.3 Å². The molecule has 0 saturated heterocycles. The summed E-state index contributed by atoms with van der Waals surface area (Å²) in [5.74, 6) is 1.42. The molecule has 8 heteroatoms. The van der Waals surface area contributed by atoms with Gasteiger partial charge in [-0.1, -0.05) is 0 Å². The molecule has 0 radical (unpaired) electrons. The number of rotatable bonds is 7. The number of hydrogen-bond acceptors (Lipinski definition) is 6. The molecule has 0 aromatic carbocycles. The summed E-state index contributed by atoms with van der Waals surface area (Å²) in [5, 5.41) is 8.99. The molecule has 0 aliphatic heterocycles. The number of nitrogens with zero attached hydrogens (tertiary/aromatic N) is 7. The van der Waals surface area contributed by atoms with Crippen LogP contribution < -0.4 is 4.74 Å². The average molecular weight is 391 g/mol. The molecule has 150 valence electrons. The fourth-order valence-electron chi connectivity index (χ4n) is 3.44. The van der Waals surface area contributed by atoms with Gasteiger partial charge in [-0.25, -0.2) is 15.0 Å². The van der Waals surface area contributed by atoms with Crippen LogP contribution in [0.1, 0.15) is 38.2 Å². The van der Waals surface area contributed by atoms with Crippen LogP contribution in [0.5, 0.6) is 5.88 Å². The topological polar surface area (TPSA) is 83.5 Å². The van der Waals surface area contributed by atoms with Gasteiger partial charge in [-0.3, -0.25) is 9.36 Å². The monoisotopic (exact) mass is 391 g/mol. The zero-order valence-electron chi connectivity index (χ0n) is 17.2. The third-order valence-corrected chi connectivity index (χ3v) is 4.71. The normalized spacial score (nSPS) is 11.5. The largest absolute Gasteiger partial charge is 0.477 e. The highest BCUT2D eigenvalue weighted by Gasteiger charge is 2.17. The first-order chi connectivity index (χ1) is 14.1. The molecule has 0 spiro atoms. The predicted octanol–water partition coefficient (Wildman–Crippen LogP) is 3.39. The van der Waals surface area contributed by atoms with Gasteiger partial charge in [0.25, 0.3) is 0 Å². The van der Waals surface area contributed by atoms with E-state index in [4.69, 9.17) is 9.72 Å². The number of ether oxygens (including phenoxy) is 1. The molecule has 4 heterocycles. The molecule has 0 bridgehead atoms. The maximum atomic E-state index is 5.72. The molecule has 0 N–H and O–H groups in total. The lowest BCUT2D eigenvalue weighted by Crippen LogP contribution is -2.06. The molecule has 0 aliphatic carbocycles. The first-order valence-corrected chi connectivity index (χ1v) is 9.86. The van der Waals surface area contributed by atoms with Gasteiger partial charge >= 0.3 is 0 Å². The van der Waals surface area contributed by atoms with Gasteiger partial charge in [0.05, 0.1) is 29.6 Å². The first-order valence-electron chi connectivity index (χ1n) is 9.86. The highest BCUT2D eigenvalue weighted by Crippen LogP contribution is 2.31. The number of aryl methyl sites for hydroxylation is 3. The van der Waals surface area contributed by atoms with Crippen molar-refractivity contribution in [1.82, 2.24) is 34.5 Å². The van der Waals surface area contributed by atoms with E-state index in [0.29, 0.717) is 12.5 Å². The van der Waals surface area contributed by atoms with Crippen LogP contribution in [0.15, 0.2) is 36.9 Å². The second-order valence-electron chi connectivity index (χ2n) is 7.21. The summed E-state index contributed by atoms with van der Waals surface area (Å²) in [4.78, 5) is 13.6. The van der Waals surface area contributed by atoms with Gasteiger partial charge in [-0.05, 0) is 51.0 Å². The predicted molar refractivity (Wildman–Crippen MR) is 111 cm³/mol. The Morgan fingerprint density at radius 1 is 1.17 bits per heavy atom. The minimum absolute atomic E-state index is 0.240. The van der Waals surface area contributed by atoms with Crippen molar-refractivity contribution in [2.75, 3.05) is 6.61 Å². The van der Waals surface area contributed by atoms with Crippen LogP contribution in [0.2, 0.25) is 0 Å². The standard InChI is InChI=1S/C21H25N7O/c1-5-29-21-16(7-6-10-22-21)17-11-15(8-9-19-23-13-27(4)26-19)20-18(25-17)12-24-28(20)14(2)3/h6-7,10-14H,5,8-9H2,1-4H3. The molecular weight excluding hydrogens is 366 g/mol. The van der Waals surface area contributed by atoms with E-state index in [1.54, 1.807) is 17.2 Å². The van der Waals surface area contributed by atoms with Crippen LogP contribution in [-0.2, 0) is 19.9 Å². The van der Waals surface area contributed by atoms with Gasteiger partial charge in [0.1, 0.15) is 11.8 Å². The maximum absolute atomic E-state index is 5.72. The smallest absolute Gasteiger partial charge is 0.222 e. The van der Waals surface area contributed by atoms with Crippen molar-refractivity contribution in [3.8, 4) is 17.1 Å². The van der Waals surface area contributed by atoms with Gasteiger partial charge < -0.3 is 4.74 Å². The van der Waals surface area contributed by atoms with E-state index in [1.165, 1.54) is 0 Å². The fourth-order valence-corrected chi connectivity index (χ4v) is 3.44. The molecule has 0 amide bonds. The van der Waals surface area contributed by atoms with E-state index in [9.17, 15) is 0 Å². The Hall–Kier alpha value is -3.29. The lowest BCUT2D eigenvalue weighted by Gasteiger charge is -2.13. The van der Waals surface area contributed by atoms with E-state index in [2.05, 4.69) is 40.1 Å². The third kappa shape index (κ3) is 3.83. The molecule has 4 aromatic rings. The quantitative estimate of drug-likeness (QED) is 0.480. The maximum Gasteiger partial charge on any atom is 0.222 e. The number of hydrogen-bond donors (Lipinski definition) is 0. The zero-order chi connectivity index (χ0) is 20.4. The highest BCUT2D eigenvalue weighted by molar-refractivity contribution is 5.82. The van der Waals surface area contributed by atoms with E-state index in [1.807, 2.05) is 37.0 Å². The molecule has 4 aromatic heterocycles. The van der Waals surface area contributed by atoms with E-state index < -0.39 is 0 Å². The summed E-state index contributed by atoms with van der Waals surface area (Å²) in [7, 11) is 1.88. The molecule has 0 unspecified atom stereocenters. The lowest BCUT2D eigenvalue weighted by atomic mass is 10.0. The highest BCUT2D eigenvalue weighted by atomic mass is 16.5. The Morgan fingerprint density at radius 2 is 2.03 bits per heavy atom. The van der Waals surface area contributed by atoms with Crippen LogP contribution in [0.3, 0.4) is 0 Å². The molecular formula is C21H25N7O. The van der Waals surface area contributed by atoms with Crippen molar-refractivity contribution in [3.05, 3.63) is 48.3 Å². The first kappa shape index (κ1) is 19.0. The Labute approximate surface area is 169 Å². The van der Waals surface area contributed by atoms with Gasteiger partial charge in [0.2, 0.25) is 5.88 Å². The summed E-state index contributed by atoms with van der Waals surface area (Å²) in [6.45, 7) is 6.75. The SMILES string of the molecule is CCOc1ncccc1-c1cc(CCc2ncn(C)n2)c2c(cnn2C(C)C)n1. The molecule has 8 nitrogen and oxygen atoms in total. The Morgan fingerprint density at radius 3 is 2.76 bits per heavy atom. The van der Waals surface area contributed by atoms with E-state index >= 15 is 0 Å².